The molecule has 1 aliphatic heterocycles. The zero-order valence-electron chi connectivity index (χ0n) is 17.7. The number of Topliss-reactive ketones (excluding diaryl/α,β-unsaturated/α-hetero) is 1. The normalized spacial score (nSPS) is 21.1. The van der Waals surface area contributed by atoms with Gasteiger partial charge < -0.3 is 0 Å². The molecule has 4 rings (SSSR count). The van der Waals surface area contributed by atoms with E-state index in [1.54, 1.807) is 23.1 Å². The van der Waals surface area contributed by atoms with E-state index in [-0.39, 0.29) is 23.5 Å². The van der Waals surface area contributed by atoms with Crippen molar-refractivity contribution in [3.8, 4) is 0 Å². The zero-order chi connectivity index (χ0) is 21.8. The van der Waals surface area contributed by atoms with Gasteiger partial charge in [-0.2, -0.15) is 0 Å². The van der Waals surface area contributed by atoms with Crippen LogP contribution in [0.2, 0.25) is 10.0 Å². The fraction of sp³-hybridized carbons (Fsp3) is 0.360. The Bertz CT molecular complexity index is 1080. The summed E-state index contributed by atoms with van der Waals surface area (Å²) in [6, 6.07) is 11.4. The van der Waals surface area contributed by atoms with Gasteiger partial charge in [-0.25, -0.2) is 0 Å². The average Bonchev–Trinajstić information content (AvgIpc) is 2.62. The summed E-state index contributed by atoms with van der Waals surface area (Å²) < 4.78 is 0. The predicted octanol–water partition coefficient (Wildman–Crippen LogP) is 6.77. The van der Waals surface area contributed by atoms with Gasteiger partial charge in [0.15, 0.2) is 5.78 Å². The van der Waals surface area contributed by atoms with Crippen molar-refractivity contribution in [2.45, 2.75) is 52.9 Å². The molecule has 1 aliphatic carbocycles. The smallest absolute Gasteiger partial charge is 0.232 e. The van der Waals surface area contributed by atoms with Crippen LogP contribution in [0, 0.1) is 19.3 Å². The number of nitrogens with zero attached hydrogens (tertiary/aromatic N) is 1. The van der Waals surface area contributed by atoms with E-state index in [1.165, 1.54) is 0 Å². The van der Waals surface area contributed by atoms with Gasteiger partial charge in [-0.15, -0.1) is 0 Å². The van der Waals surface area contributed by atoms with Crippen LogP contribution >= 0.6 is 23.2 Å². The molecule has 1 atom stereocenters. The van der Waals surface area contributed by atoms with Gasteiger partial charge in [-0.05, 0) is 60.6 Å². The number of allylic oxidation sites excluding steroid dienone is 2. The topological polar surface area (TPSA) is 37.4 Å². The Morgan fingerprint density at radius 3 is 2.33 bits per heavy atom. The highest BCUT2D eigenvalue weighted by atomic mass is 35.5. The zero-order valence-corrected chi connectivity index (χ0v) is 19.2. The van der Waals surface area contributed by atoms with Crippen molar-refractivity contribution in [1.29, 1.82) is 0 Å². The van der Waals surface area contributed by atoms with E-state index in [9.17, 15) is 9.59 Å². The molecule has 156 valence electrons. The lowest BCUT2D eigenvalue weighted by Crippen LogP contribution is -2.44. The van der Waals surface area contributed by atoms with E-state index in [4.69, 9.17) is 23.2 Å². The number of aryl methyl sites for hydroxylation is 2. The first-order valence-corrected chi connectivity index (χ1v) is 10.9. The third-order valence-electron chi connectivity index (χ3n) is 6.10. The van der Waals surface area contributed by atoms with E-state index in [2.05, 4.69) is 13.8 Å². The van der Waals surface area contributed by atoms with Crippen LogP contribution in [0.4, 0.5) is 5.69 Å². The van der Waals surface area contributed by atoms with Gasteiger partial charge in [-0.3, -0.25) is 14.5 Å². The third kappa shape index (κ3) is 3.59. The number of halogens is 2. The van der Waals surface area contributed by atoms with Gasteiger partial charge >= 0.3 is 0 Å². The molecule has 0 aromatic heterocycles. The van der Waals surface area contributed by atoms with Crippen molar-refractivity contribution in [1.82, 2.24) is 0 Å². The molecule has 2 aromatic rings. The summed E-state index contributed by atoms with van der Waals surface area (Å²) in [5.74, 6) is -0.377. The Hall–Kier alpha value is -2.10. The lowest BCUT2D eigenvalue weighted by Gasteiger charge is -2.43. The van der Waals surface area contributed by atoms with Gasteiger partial charge in [0.25, 0.3) is 0 Å². The maximum Gasteiger partial charge on any atom is 0.232 e. The van der Waals surface area contributed by atoms with Crippen LogP contribution < -0.4 is 4.90 Å². The Kier molecular flexibility index (Phi) is 5.32. The monoisotopic (exact) mass is 441 g/mol. The molecule has 5 heteroatoms. The maximum atomic E-state index is 13.5. The molecule has 0 bridgehead atoms. The average molecular weight is 442 g/mol. The van der Waals surface area contributed by atoms with Gasteiger partial charge in [0, 0.05) is 40.1 Å². The Balaban J connectivity index is 1.98. The molecule has 0 N–H and O–H groups in total. The number of rotatable bonds is 2. The molecule has 2 aromatic carbocycles. The van der Waals surface area contributed by atoms with E-state index in [1.807, 2.05) is 32.0 Å². The molecule has 1 amide bonds. The predicted molar refractivity (Wildman–Crippen MR) is 122 cm³/mol. The highest BCUT2D eigenvalue weighted by Crippen LogP contribution is 2.50. The minimum absolute atomic E-state index is 0.0334. The summed E-state index contributed by atoms with van der Waals surface area (Å²) in [6.07, 6.45) is 1.26. The summed E-state index contributed by atoms with van der Waals surface area (Å²) in [4.78, 5) is 28.7. The summed E-state index contributed by atoms with van der Waals surface area (Å²) in [6.45, 7) is 8.16. The first kappa shape index (κ1) is 21.1. The molecule has 0 fully saturated rings. The van der Waals surface area contributed by atoms with Crippen LogP contribution in [-0.2, 0) is 9.59 Å². The second-order valence-corrected chi connectivity index (χ2v) is 10.0. The van der Waals surface area contributed by atoms with Crippen LogP contribution in [-0.4, -0.2) is 11.7 Å². The van der Waals surface area contributed by atoms with Crippen molar-refractivity contribution in [2.24, 2.45) is 5.41 Å². The SMILES string of the molecule is Cc1ccc(C)c(N2C(=O)CC(c3c(Cl)cccc3Cl)C3=C2CC(C)(C)CC3=O)c1. The van der Waals surface area contributed by atoms with Crippen molar-refractivity contribution in [3.05, 3.63) is 74.4 Å². The quantitative estimate of drug-likeness (QED) is 0.515. The second-order valence-electron chi connectivity index (χ2n) is 9.21. The molecular formula is C25H25Cl2NO2. The standard InChI is InChI=1S/C25H25Cl2NO2/c1-14-8-9-15(2)19(10-14)28-20-12-25(3,4)13-21(29)24(20)16(11-22(28)30)23-17(26)6-5-7-18(23)27/h5-10,16H,11-13H2,1-4H3. The molecule has 0 saturated heterocycles. The van der Waals surface area contributed by atoms with Crippen LogP contribution in [0.3, 0.4) is 0 Å². The lowest BCUT2D eigenvalue weighted by atomic mass is 9.69. The van der Waals surface area contributed by atoms with E-state index in [0.717, 1.165) is 22.5 Å². The fourth-order valence-corrected chi connectivity index (χ4v) is 5.41. The minimum atomic E-state index is -0.418. The van der Waals surface area contributed by atoms with Crippen LogP contribution in [0.1, 0.15) is 55.7 Å². The number of benzene rings is 2. The number of carbonyl (C=O) groups excluding carboxylic acids is 2. The number of hydrogen-bond donors (Lipinski definition) is 0. The van der Waals surface area contributed by atoms with Gasteiger partial charge in [0.2, 0.25) is 5.91 Å². The van der Waals surface area contributed by atoms with Gasteiger partial charge in [0.1, 0.15) is 0 Å². The first-order chi connectivity index (χ1) is 14.1. The summed E-state index contributed by atoms with van der Waals surface area (Å²) in [7, 11) is 0. The Morgan fingerprint density at radius 1 is 1.00 bits per heavy atom. The first-order valence-electron chi connectivity index (χ1n) is 10.2. The van der Waals surface area contributed by atoms with E-state index >= 15 is 0 Å². The number of hydrogen-bond acceptors (Lipinski definition) is 2. The second kappa shape index (κ2) is 7.55. The Morgan fingerprint density at radius 2 is 1.67 bits per heavy atom. The highest BCUT2D eigenvalue weighted by molar-refractivity contribution is 6.36. The van der Waals surface area contributed by atoms with Crippen LogP contribution in [0.15, 0.2) is 47.7 Å². The molecule has 0 saturated carbocycles. The van der Waals surface area contributed by atoms with E-state index < -0.39 is 5.92 Å². The lowest BCUT2D eigenvalue weighted by molar-refractivity contribution is -0.121. The molecule has 30 heavy (non-hydrogen) atoms. The molecule has 1 unspecified atom stereocenters. The largest absolute Gasteiger partial charge is 0.294 e. The number of carbonyl (C=O) groups is 2. The summed E-state index contributed by atoms with van der Waals surface area (Å²) in [5, 5.41) is 0.981. The van der Waals surface area contributed by atoms with Crippen LogP contribution in [0.25, 0.3) is 0 Å². The molecule has 2 aliphatic rings. The van der Waals surface area contributed by atoms with E-state index in [0.29, 0.717) is 34.0 Å². The van der Waals surface area contributed by atoms with Gasteiger partial charge in [-0.1, -0.05) is 55.2 Å². The molecule has 1 heterocycles. The minimum Gasteiger partial charge on any atom is -0.294 e. The van der Waals surface area contributed by atoms with Crippen molar-refractivity contribution in [3.63, 3.8) is 0 Å². The Labute approximate surface area is 187 Å². The van der Waals surface area contributed by atoms with Crippen molar-refractivity contribution < 1.29 is 9.59 Å². The molecule has 3 nitrogen and oxygen atoms in total. The summed E-state index contributed by atoms with van der Waals surface area (Å²) in [5.41, 5.74) is 4.86. The van der Waals surface area contributed by atoms with Crippen LogP contribution in [0.5, 0.6) is 0 Å². The van der Waals surface area contributed by atoms with Crippen molar-refractivity contribution >= 4 is 40.6 Å². The molecule has 0 spiro atoms. The van der Waals surface area contributed by atoms with Gasteiger partial charge in [0.05, 0.1) is 5.69 Å². The number of anilines is 1. The molecular weight excluding hydrogens is 417 g/mol. The maximum absolute atomic E-state index is 13.5. The third-order valence-corrected chi connectivity index (χ3v) is 6.76. The summed E-state index contributed by atoms with van der Waals surface area (Å²) >= 11 is 13.0. The fourth-order valence-electron chi connectivity index (χ4n) is 4.75. The van der Waals surface area contributed by atoms with Crippen molar-refractivity contribution in [2.75, 3.05) is 4.90 Å². The molecule has 0 radical (unpaired) electrons. The number of amides is 1. The highest BCUT2D eigenvalue weighted by Gasteiger charge is 2.45. The number of ketones is 1.